The van der Waals surface area contributed by atoms with Gasteiger partial charge in [-0.2, -0.15) is 0 Å². The van der Waals surface area contributed by atoms with Crippen molar-refractivity contribution in [2.75, 3.05) is 13.2 Å². The molecule has 8 heteroatoms. The maximum absolute atomic E-state index is 12.3. The van der Waals surface area contributed by atoms with Gasteiger partial charge in [-0.3, -0.25) is 0 Å². The highest BCUT2D eigenvalue weighted by atomic mass is 32.2. The Balaban J connectivity index is 1.54. The second kappa shape index (κ2) is 8.28. The van der Waals surface area contributed by atoms with Gasteiger partial charge in [-0.15, -0.1) is 0 Å². The molecule has 0 atom stereocenters. The zero-order valence-corrected chi connectivity index (χ0v) is 16.1. The van der Waals surface area contributed by atoms with Crippen LogP contribution in [-0.4, -0.2) is 32.2 Å². The van der Waals surface area contributed by atoms with Crippen molar-refractivity contribution in [3.63, 3.8) is 0 Å². The molecule has 7 nitrogen and oxygen atoms in total. The number of nitrogens with zero attached hydrogens (tertiary/aromatic N) is 1. The fraction of sp³-hybridized carbons (Fsp3) is 0.150. The van der Waals surface area contributed by atoms with Crippen molar-refractivity contribution in [3.8, 4) is 11.4 Å². The zero-order valence-electron chi connectivity index (χ0n) is 15.2. The summed E-state index contributed by atoms with van der Waals surface area (Å²) in [5.41, 5.74) is 2.40. The molecule has 0 aliphatic rings. The first-order valence-electron chi connectivity index (χ1n) is 8.51. The molecule has 2 N–H and O–H groups in total. The molecule has 1 heterocycles. The number of carbonyl (C=O) groups is 1. The molecule has 0 aliphatic heterocycles. The minimum atomic E-state index is -3.74. The van der Waals surface area contributed by atoms with Crippen molar-refractivity contribution in [1.29, 1.82) is 0 Å². The summed E-state index contributed by atoms with van der Waals surface area (Å²) < 4.78 is 35.1. The van der Waals surface area contributed by atoms with Gasteiger partial charge in [-0.1, -0.05) is 6.07 Å². The molecule has 0 unspecified atom stereocenters. The van der Waals surface area contributed by atoms with Crippen LogP contribution in [0.3, 0.4) is 0 Å². The van der Waals surface area contributed by atoms with Crippen molar-refractivity contribution in [2.24, 2.45) is 5.14 Å². The first-order chi connectivity index (χ1) is 13.3. The summed E-state index contributed by atoms with van der Waals surface area (Å²) in [6.45, 7) is 2.17. The lowest BCUT2D eigenvalue weighted by Crippen LogP contribution is -2.13. The summed E-state index contributed by atoms with van der Waals surface area (Å²) in [4.78, 5) is 12.3. The van der Waals surface area contributed by atoms with E-state index in [2.05, 4.69) is 0 Å². The fourth-order valence-electron chi connectivity index (χ4n) is 2.61. The second-order valence-corrected chi connectivity index (χ2v) is 7.65. The van der Waals surface area contributed by atoms with Gasteiger partial charge < -0.3 is 14.0 Å². The minimum Gasteiger partial charge on any atom is -0.490 e. The summed E-state index contributed by atoms with van der Waals surface area (Å²) in [6.07, 6.45) is 3.82. The number of esters is 1. The molecule has 3 aromatic rings. The molecule has 1 aromatic heterocycles. The molecule has 0 fully saturated rings. The molecule has 0 amide bonds. The number of hydrogen-bond acceptors (Lipinski definition) is 5. The average Bonchev–Trinajstić information content (AvgIpc) is 3.19. The number of hydrogen-bond donors (Lipinski definition) is 1. The smallest absolute Gasteiger partial charge is 0.338 e. The van der Waals surface area contributed by atoms with Crippen molar-refractivity contribution < 1.29 is 22.7 Å². The van der Waals surface area contributed by atoms with Gasteiger partial charge in [-0.05, 0) is 61.0 Å². The normalized spacial score (nSPS) is 11.2. The Morgan fingerprint density at radius 3 is 2.36 bits per heavy atom. The SMILES string of the molecule is Cc1ccc(C(=O)OCCOc2ccc(S(N)(=O)=O)cc2)cc1-n1cccc1. The van der Waals surface area contributed by atoms with Crippen LogP contribution in [0.1, 0.15) is 15.9 Å². The molecule has 146 valence electrons. The van der Waals surface area contributed by atoms with Crippen LogP contribution in [-0.2, 0) is 14.8 Å². The van der Waals surface area contributed by atoms with E-state index < -0.39 is 16.0 Å². The van der Waals surface area contributed by atoms with Crippen LogP contribution in [0.5, 0.6) is 5.75 Å². The molecule has 28 heavy (non-hydrogen) atoms. The average molecular weight is 400 g/mol. The number of benzene rings is 2. The minimum absolute atomic E-state index is 0.00384. The van der Waals surface area contributed by atoms with E-state index in [9.17, 15) is 13.2 Å². The number of nitrogens with two attached hydrogens (primary N) is 1. The van der Waals surface area contributed by atoms with Crippen molar-refractivity contribution >= 4 is 16.0 Å². The maximum Gasteiger partial charge on any atom is 0.338 e. The predicted octanol–water partition coefficient (Wildman–Crippen LogP) is 2.67. The highest BCUT2D eigenvalue weighted by Crippen LogP contribution is 2.18. The third kappa shape index (κ3) is 4.79. The number of carbonyl (C=O) groups excluding carboxylic acids is 1. The van der Waals surface area contributed by atoms with E-state index in [0.29, 0.717) is 11.3 Å². The van der Waals surface area contributed by atoms with Gasteiger partial charge in [0.15, 0.2) is 0 Å². The Hall–Kier alpha value is -3.10. The largest absolute Gasteiger partial charge is 0.490 e. The predicted molar refractivity (Wildman–Crippen MR) is 104 cm³/mol. The third-order valence-electron chi connectivity index (χ3n) is 4.06. The fourth-order valence-corrected chi connectivity index (χ4v) is 3.13. The Bertz CT molecular complexity index is 1060. The lowest BCUT2D eigenvalue weighted by Gasteiger charge is -2.11. The van der Waals surface area contributed by atoms with E-state index in [4.69, 9.17) is 14.6 Å². The van der Waals surface area contributed by atoms with E-state index in [1.54, 1.807) is 12.1 Å². The topological polar surface area (TPSA) is 101 Å². The number of sulfonamides is 1. The summed E-state index contributed by atoms with van der Waals surface area (Å²) in [7, 11) is -3.74. The summed E-state index contributed by atoms with van der Waals surface area (Å²) in [5.74, 6) is 0.00950. The Morgan fingerprint density at radius 2 is 1.71 bits per heavy atom. The standard InChI is InChI=1S/C20H20N2O5S/c1-15-4-5-16(14-19(15)22-10-2-3-11-22)20(23)27-13-12-26-17-6-8-18(9-7-17)28(21,24)25/h2-11,14H,12-13H2,1H3,(H2,21,24,25). The molecule has 0 bridgehead atoms. The van der Waals surface area contributed by atoms with Crippen molar-refractivity contribution in [3.05, 3.63) is 78.1 Å². The van der Waals surface area contributed by atoms with Crippen LogP contribution in [0.25, 0.3) is 5.69 Å². The van der Waals surface area contributed by atoms with Crippen LogP contribution in [0.4, 0.5) is 0 Å². The first kappa shape index (κ1) is 19.7. The molecule has 0 spiro atoms. The molecule has 2 aromatic carbocycles. The number of aromatic nitrogens is 1. The highest BCUT2D eigenvalue weighted by Gasteiger charge is 2.11. The lowest BCUT2D eigenvalue weighted by molar-refractivity contribution is 0.0450. The van der Waals surface area contributed by atoms with Gasteiger partial charge in [0, 0.05) is 18.1 Å². The second-order valence-electron chi connectivity index (χ2n) is 6.09. The molecule has 0 saturated heterocycles. The van der Waals surface area contributed by atoms with Gasteiger partial charge in [0.05, 0.1) is 10.5 Å². The van der Waals surface area contributed by atoms with E-state index in [0.717, 1.165) is 11.3 Å². The van der Waals surface area contributed by atoms with Gasteiger partial charge in [-0.25, -0.2) is 18.4 Å². The van der Waals surface area contributed by atoms with Gasteiger partial charge in [0.25, 0.3) is 0 Å². The van der Waals surface area contributed by atoms with E-state index in [1.165, 1.54) is 24.3 Å². The number of primary sulfonamides is 1. The Labute approximate surface area is 163 Å². The quantitative estimate of drug-likeness (QED) is 0.485. The molecular weight excluding hydrogens is 380 g/mol. The monoisotopic (exact) mass is 400 g/mol. The van der Waals surface area contributed by atoms with Gasteiger partial charge in [0.1, 0.15) is 19.0 Å². The van der Waals surface area contributed by atoms with Crippen molar-refractivity contribution in [2.45, 2.75) is 11.8 Å². The first-order valence-corrected chi connectivity index (χ1v) is 10.1. The van der Waals surface area contributed by atoms with Crippen LogP contribution in [0.2, 0.25) is 0 Å². The molecule has 0 saturated carbocycles. The van der Waals surface area contributed by atoms with Crippen LogP contribution in [0.15, 0.2) is 71.9 Å². The van der Waals surface area contributed by atoms with Gasteiger partial charge >= 0.3 is 5.97 Å². The lowest BCUT2D eigenvalue weighted by atomic mass is 10.1. The van der Waals surface area contributed by atoms with E-state index in [-0.39, 0.29) is 18.1 Å². The van der Waals surface area contributed by atoms with E-state index >= 15 is 0 Å². The number of ether oxygens (including phenoxy) is 2. The highest BCUT2D eigenvalue weighted by molar-refractivity contribution is 7.89. The maximum atomic E-state index is 12.3. The zero-order chi connectivity index (χ0) is 20.1. The molecule has 3 rings (SSSR count). The summed E-state index contributed by atoms with van der Waals surface area (Å²) in [5, 5.41) is 5.04. The molecule has 0 radical (unpaired) electrons. The van der Waals surface area contributed by atoms with Crippen LogP contribution < -0.4 is 9.88 Å². The van der Waals surface area contributed by atoms with Gasteiger partial charge in [0.2, 0.25) is 10.0 Å². The van der Waals surface area contributed by atoms with Crippen molar-refractivity contribution in [1.82, 2.24) is 4.57 Å². The number of aryl methyl sites for hydroxylation is 1. The summed E-state index contributed by atoms with van der Waals surface area (Å²) >= 11 is 0. The number of rotatable bonds is 7. The van der Waals surface area contributed by atoms with Crippen LogP contribution in [0, 0.1) is 6.92 Å². The summed E-state index contributed by atoms with van der Waals surface area (Å²) in [6, 6.07) is 14.9. The van der Waals surface area contributed by atoms with E-state index in [1.807, 2.05) is 42.1 Å². The Kier molecular flexibility index (Phi) is 5.81. The van der Waals surface area contributed by atoms with Crippen LogP contribution >= 0.6 is 0 Å². The molecule has 0 aliphatic carbocycles. The molecular formula is C20H20N2O5S. The third-order valence-corrected chi connectivity index (χ3v) is 4.99. The Morgan fingerprint density at radius 1 is 1.04 bits per heavy atom.